The van der Waals surface area contributed by atoms with Crippen LogP contribution in [0.2, 0.25) is 13.1 Å². The van der Waals surface area contributed by atoms with Gasteiger partial charge in [-0.2, -0.15) is 0 Å². The first-order chi connectivity index (χ1) is 25.5. The number of hydrogen-bond acceptors (Lipinski definition) is 3. The quantitative estimate of drug-likeness (QED) is 0.170. The Bertz CT molecular complexity index is 3070. The van der Waals surface area contributed by atoms with E-state index < -0.39 is 8.07 Å². The zero-order chi connectivity index (χ0) is 34.6. The molecular weight excluding hydrogens is 667 g/mol. The Morgan fingerprint density at radius 2 is 1.13 bits per heavy atom. The molecule has 11 rings (SSSR count). The topological polar surface area (TPSA) is 16.4 Å². The number of anilines is 3. The summed E-state index contributed by atoms with van der Waals surface area (Å²) in [5.41, 5.74) is 10.5. The fourth-order valence-electron chi connectivity index (χ4n) is 8.84. The Hall–Kier alpha value is -5.94. The number of nitrogens with zero attached hydrogens (tertiary/aromatic N) is 1. The molecule has 1 aliphatic rings. The van der Waals surface area contributed by atoms with E-state index in [-0.39, 0.29) is 0 Å². The molecule has 0 spiro atoms. The van der Waals surface area contributed by atoms with Crippen LogP contribution in [0.25, 0.3) is 75.1 Å². The molecule has 0 N–H and O–H groups in total. The summed E-state index contributed by atoms with van der Waals surface area (Å²) in [6, 6.07) is 60.3. The van der Waals surface area contributed by atoms with E-state index in [1.807, 2.05) is 11.3 Å². The largest absolute Gasteiger partial charge is 0.456 e. The molecule has 52 heavy (non-hydrogen) atoms. The lowest BCUT2D eigenvalue weighted by Crippen LogP contribution is -2.49. The van der Waals surface area contributed by atoms with Crippen LogP contribution in [0.4, 0.5) is 17.1 Å². The fraction of sp³-hybridized carbons (Fsp3) is 0.0417. The molecule has 0 unspecified atom stereocenters. The van der Waals surface area contributed by atoms with Crippen molar-refractivity contribution < 1.29 is 4.42 Å². The lowest BCUT2D eigenvalue weighted by atomic mass is 9.94. The maximum absolute atomic E-state index is 6.46. The maximum atomic E-state index is 6.46. The molecule has 0 radical (unpaired) electrons. The summed E-state index contributed by atoms with van der Waals surface area (Å²) in [6.07, 6.45) is 0. The van der Waals surface area contributed by atoms with E-state index in [2.05, 4.69) is 182 Å². The number of fused-ring (bicyclic) bond motifs is 10. The van der Waals surface area contributed by atoms with E-state index in [9.17, 15) is 0 Å². The van der Waals surface area contributed by atoms with Gasteiger partial charge >= 0.3 is 0 Å². The van der Waals surface area contributed by atoms with Crippen LogP contribution >= 0.6 is 11.3 Å². The van der Waals surface area contributed by atoms with Crippen LogP contribution in [0.5, 0.6) is 0 Å². The molecule has 1 aliphatic heterocycles. The van der Waals surface area contributed by atoms with E-state index in [0.717, 1.165) is 39.0 Å². The van der Waals surface area contributed by atoms with E-state index in [0.29, 0.717) is 0 Å². The standard InChI is InChI=1S/C48H33NOSSi/c1-52(2)45-23-8-6-15-35(45)36-26-24-32(29-46(36)52)49(40-19-11-21-42-48(40)38-16-5-7-20-41(38)50-42)31-25-27-43-39(28-31)47-37(18-10-22-44(47)51-43)34-17-9-13-30-12-3-4-14-33(30)34/h3-29H,1-2H3. The minimum Gasteiger partial charge on any atom is -0.456 e. The molecule has 8 aromatic carbocycles. The molecule has 0 saturated heterocycles. The van der Waals surface area contributed by atoms with E-state index in [1.165, 1.54) is 63.6 Å². The van der Waals surface area contributed by atoms with Gasteiger partial charge in [-0.05, 0) is 98.0 Å². The molecule has 3 heterocycles. The van der Waals surface area contributed by atoms with Crippen molar-refractivity contribution in [1.82, 2.24) is 0 Å². The van der Waals surface area contributed by atoms with Crippen molar-refractivity contribution in [2.45, 2.75) is 13.1 Å². The number of benzene rings is 8. The smallest absolute Gasteiger partial charge is 0.137 e. The van der Waals surface area contributed by atoms with Crippen LogP contribution in [0, 0.1) is 0 Å². The lowest BCUT2D eigenvalue weighted by molar-refractivity contribution is 0.669. The average Bonchev–Trinajstić information content (AvgIpc) is 3.83. The van der Waals surface area contributed by atoms with Crippen molar-refractivity contribution >= 4 is 99.7 Å². The summed E-state index contributed by atoms with van der Waals surface area (Å²) in [5, 5.41) is 10.4. The monoisotopic (exact) mass is 699 g/mol. The second-order valence-electron chi connectivity index (χ2n) is 14.5. The molecule has 0 aliphatic carbocycles. The Morgan fingerprint density at radius 3 is 2.08 bits per heavy atom. The van der Waals surface area contributed by atoms with Crippen molar-refractivity contribution in [3.8, 4) is 22.3 Å². The summed E-state index contributed by atoms with van der Waals surface area (Å²) in [5.74, 6) is 0. The summed E-state index contributed by atoms with van der Waals surface area (Å²) < 4.78 is 9.05. The van der Waals surface area contributed by atoms with Crippen molar-refractivity contribution in [2.75, 3.05) is 4.90 Å². The van der Waals surface area contributed by atoms with Gasteiger partial charge in [-0.1, -0.05) is 122 Å². The number of rotatable bonds is 4. The van der Waals surface area contributed by atoms with Crippen LogP contribution < -0.4 is 15.3 Å². The summed E-state index contributed by atoms with van der Waals surface area (Å²) in [7, 11) is -1.93. The maximum Gasteiger partial charge on any atom is 0.137 e. The molecule has 0 saturated carbocycles. The number of para-hydroxylation sites is 1. The summed E-state index contributed by atoms with van der Waals surface area (Å²) in [6.45, 7) is 4.99. The highest BCUT2D eigenvalue weighted by atomic mass is 32.1. The highest BCUT2D eigenvalue weighted by Crippen LogP contribution is 2.47. The van der Waals surface area contributed by atoms with Gasteiger partial charge in [-0.15, -0.1) is 11.3 Å². The van der Waals surface area contributed by atoms with E-state index in [1.54, 1.807) is 0 Å². The average molecular weight is 700 g/mol. The predicted octanol–water partition coefficient (Wildman–Crippen LogP) is 13.0. The predicted molar refractivity (Wildman–Crippen MR) is 226 cm³/mol. The number of thiophene rings is 1. The van der Waals surface area contributed by atoms with Crippen molar-refractivity contribution in [3.63, 3.8) is 0 Å². The Morgan fingerprint density at radius 1 is 0.462 bits per heavy atom. The number of hydrogen-bond donors (Lipinski definition) is 0. The third-order valence-corrected chi connectivity index (χ3v) is 15.9. The van der Waals surface area contributed by atoms with Crippen LogP contribution in [0.15, 0.2) is 168 Å². The van der Waals surface area contributed by atoms with E-state index >= 15 is 0 Å². The van der Waals surface area contributed by atoms with Gasteiger partial charge in [0.2, 0.25) is 0 Å². The Labute approximate surface area is 306 Å². The van der Waals surface area contributed by atoms with Gasteiger partial charge in [0, 0.05) is 36.9 Å². The molecular formula is C48H33NOSSi. The van der Waals surface area contributed by atoms with Gasteiger partial charge in [-0.3, -0.25) is 0 Å². The SMILES string of the molecule is C[Si]1(C)c2ccccc2-c2ccc(N(c3ccc4sc5cccc(-c6cccc7ccccc67)c5c4c3)c3cccc4oc5ccccc5c34)cc21. The van der Waals surface area contributed by atoms with Gasteiger partial charge in [0.1, 0.15) is 19.2 Å². The second kappa shape index (κ2) is 11.0. The summed E-state index contributed by atoms with van der Waals surface area (Å²) in [4.78, 5) is 2.47. The van der Waals surface area contributed by atoms with Gasteiger partial charge in [0.15, 0.2) is 0 Å². The third kappa shape index (κ3) is 4.22. The molecule has 0 atom stereocenters. The van der Waals surface area contributed by atoms with Gasteiger partial charge in [0.25, 0.3) is 0 Å². The van der Waals surface area contributed by atoms with Crippen LogP contribution in [-0.2, 0) is 0 Å². The van der Waals surface area contributed by atoms with Gasteiger partial charge < -0.3 is 9.32 Å². The molecule has 0 fully saturated rings. The van der Waals surface area contributed by atoms with Crippen LogP contribution in [0.3, 0.4) is 0 Å². The minimum atomic E-state index is -1.93. The van der Waals surface area contributed by atoms with Crippen molar-refractivity contribution in [2.24, 2.45) is 0 Å². The van der Waals surface area contributed by atoms with Gasteiger partial charge in [-0.25, -0.2) is 0 Å². The molecule has 4 heteroatoms. The zero-order valence-electron chi connectivity index (χ0n) is 28.9. The molecule has 0 amide bonds. The first-order valence-electron chi connectivity index (χ1n) is 17.9. The van der Waals surface area contributed by atoms with Crippen LogP contribution in [0.1, 0.15) is 0 Å². The molecule has 2 nitrogen and oxygen atoms in total. The second-order valence-corrected chi connectivity index (χ2v) is 19.9. The molecule has 246 valence electrons. The molecule has 10 aromatic rings. The normalized spacial score (nSPS) is 13.3. The molecule has 2 aromatic heterocycles. The zero-order valence-corrected chi connectivity index (χ0v) is 30.7. The number of furan rings is 1. The minimum absolute atomic E-state index is 0.896. The van der Waals surface area contributed by atoms with Crippen molar-refractivity contribution in [3.05, 3.63) is 164 Å². The van der Waals surface area contributed by atoms with Gasteiger partial charge in [0.05, 0.1) is 11.1 Å². The first-order valence-corrected chi connectivity index (χ1v) is 21.7. The lowest BCUT2D eigenvalue weighted by Gasteiger charge is -2.28. The van der Waals surface area contributed by atoms with Crippen LogP contribution in [-0.4, -0.2) is 8.07 Å². The Kier molecular flexibility index (Phi) is 6.31. The first kappa shape index (κ1) is 29.8. The Balaban J connectivity index is 1.19. The molecule has 0 bridgehead atoms. The van der Waals surface area contributed by atoms with Crippen molar-refractivity contribution in [1.29, 1.82) is 0 Å². The fourth-order valence-corrected chi connectivity index (χ4v) is 13.0. The highest BCUT2D eigenvalue weighted by molar-refractivity contribution is 7.26. The summed E-state index contributed by atoms with van der Waals surface area (Å²) >= 11 is 1.87. The third-order valence-electron chi connectivity index (χ3n) is 11.3. The van der Waals surface area contributed by atoms with E-state index in [4.69, 9.17) is 4.42 Å². The highest BCUT2D eigenvalue weighted by Gasteiger charge is 2.37.